The van der Waals surface area contributed by atoms with Crippen LogP contribution in [0.3, 0.4) is 0 Å². The molecule has 1 aromatic carbocycles. The highest BCUT2D eigenvalue weighted by Crippen LogP contribution is 2.45. The largest absolute Gasteiger partial charge is 0.463 e. The van der Waals surface area contributed by atoms with Crippen LogP contribution >= 0.6 is 0 Å². The average Bonchev–Trinajstić information content (AvgIpc) is 3.04. The van der Waals surface area contributed by atoms with Gasteiger partial charge in [-0.05, 0) is 24.3 Å². The minimum atomic E-state index is 0.218. The van der Waals surface area contributed by atoms with Crippen LogP contribution in [0.25, 0.3) is 0 Å². The maximum absolute atomic E-state index is 5.59. The molecular formula is C13H16N2O. The zero-order valence-corrected chi connectivity index (χ0v) is 9.17. The van der Waals surface area contributed by atoms with Crippen molar-refractivity contribution in [3.63, 3.8) is 0 Å². The van der Waals surface area contributed by atoms with E-state index in [1.165, 1.54) is 18.4 Å². The molecule has 2 aliphatic rings. The van der Waals surface area contributed by atoms with Crippen molar-refractivity contribution >= 4 is 6.02 Å². The van der Waals surface area contributed by atoms with Crippen molar-refractivity contribution in [1.29, 1.82) is 0 Å². The molecule has 3 heteroatoms. The summed E-state index contributed by atoms with van der Waals surface area (Å²) in [5.41, 5.74) is 6.96. The summed E-state index contributed by atoms with van der Waals surface area (Å²) < 4.78 is 5.27. The molecule has 1 heterocycles. The fourth-order valence-corrected chi connectivity index (χ4v) is 2.53. The van der Waals surface area contributed by atoms with Crippen molar-refractivity contribution in [2.75, 3.05) is 6.61 Å². The van der Waals surface area contributed by atoms with Gasteiger partial charge in [-0.25, -0.2) is 4.99 Å². The Morgan fingerprint density at radius 3 is 2.56 bits per heavy atom. The van der Waals surface area contributed by atoms with Crippen LogP contribution in [-0.4, -0.2) is 18.7 Å². The molecule has 2 N–H and O–H groups in total. The summed E-state index contributed by atoms with van der Waals surface area (Å²) >= 11 is 0. The third kappa shape index (κ3) is 1.77. The van der Waals surface area contributed by atoms with Gasteiger partial charge in [0.2, 0.25) is 0 Å². The minimum Gasteiger partial charge on any atom is -0.463 e. The molecule has 0 saturated heterocycles. The maximum Gasteiger partial charge on any atom is 0.282 e. The first-order valence-corrected chi connectivity index (χ1v) is 5.85. The highest BCUT2D eigenvalue weighted by molar-refractivity contribution is 5.73. The Labute approximate surface area is 95.3 Å². The van der Waals surface area contributed by atoms with Gasteiger partial charge in [0, 0.05) is 5.92 Å². The molecule has 2 atom stereocenters. The van der Waals surface area contributed by atoms with Crippen LogP contribution in [0.1, 0.15) is 24.3 Å². The Kier molecular flexibility index (Phi) is 2.31. The van der Waals surface area contributed by atoms with Gasteiger partial charge in [0.1, 0.15) is 6.61 Å². The van der Waals surface area contributed by atoms with Crippen molar-refractivity contribution in [3.8, 4) is 0 Å². The second-order valence-corrected chi connectivity index (χ2v) is 4.62. The van der Waals surface area contributed by atoms with Crippen molar-refractivity contribution in [1.82, 2.24) is 0 Å². The zero-order chi connectivity index (χ0) is 11.0. The van der Waals surface area contributed by atoms with E-state index in [0.29, 0.717) is 18.5 Å². The van der Waals surface area contributed by atoms with E-state index in [4.69, 9.17) is 10.5 Å². The average molecular weight is 216 g/mol. The summed E-state index contributed by atoms with van der Waals surface area (Å²) in [7, 11) is 0. The number of amidine groups is 1. The summed E-state index contributed by atoms with van der Waals surface area (Å²) in [5.74, 6) is 1.26. The Bertz CT molecular complexity index is 398. The van der Waals surface area contributed by atoms with Crippen molar-refractivity contribution < 1.29 is 4.74 Å². The first-order chi connectivity index (χ1) is 7.84. The lowest BCUT2D eigenvalue weighted by molar-refractivity contribution is 0.290. The molecule has 0 spiro atoms. The minimum absolute atomic E-state index is 0.218. The Balaban J connectivity index is 1.87. The van der Waals surface area contributed by atoms with Crippen LogP contribution in [0.15, 0.2) is 35.3 Å². The van der Waals surface area contributed by atoms with E-state index in [2.05, 4.69) is 35.3 Å². The van der Waals surface area contributed by atoms with E-state index in [9.17, 15) is 0 Å². The molecule has 2 unspecified atom stereocenters. The molecule has 1 fully saturated rings. The summed E-state index contributed by atoms with van der Waals surface area (Å²) in [6.45, 7) is 0.641. The van der Waals surface area contributed by atoms with Crippen LogP contribution in [0.5, 0.6) is 0 Å². The third-order valence-electron chi connectivity index (χ3n) is 3.42. The van der Waals surface area contributed by atoms with Gasteiger partial charge in [0.15, 0.2) is 0 Å². The lowest BCUT2D eigenvalue weighted by Gasteiger charge is -2.20. The van der Waals surface area contributed by atoms with Crippen LogP contribution < -0.4 is 5.73 Å². The summed E-state index contributed by atoms with van der Waals surface area (Å²) in [6.07, 6.45) is 2.62. The number of benzene rings is 1. The molecule has 1 aliphatic heterocycles. The Morgan fingerprint density at radius 2 is 2.00 bits per heavy atom. The highest BCUT2D eigenvalue weighted by Gasteiger charge is 2.39. The number of hydrogen-bond acceptors (Lipinski definition) is 3. The number of nitrogens with two attached hydrogens (primary N) is 1. The molecule has 3 rings (SSSR count). The molecule has 1 aromatic rings. The molecule has 3 nitrogen and oxygen atoms in total. The van der Waals surface area contributed by atoms with Gasteiger partial charge < -0.3 is 10.5 Å². The molecule has 0 amide bonds. The lowest BCUT2D eigenvalue weighted by Crippen LogP contribution is -2.20. The van der Waals surface area contributed by atoms with E-state index in [1.807, 2.05) is 0 Å². The standard InChI is InChI=1S/C13H16N2O/c14-13-15-11(8-16-13)12(10-6-7-10)9-4-2-1-3-5-9/h1-5,10-12H,6-8H2,(H2,14,15). The topological polar surface area (TPSA) is 47.6 Å². The predicted molar refractivity (Wildman–Crippen MR) is 63.3 cm³/mol. The molecule has 0 radical (unpaired) electrons. The first-order valence-electron chi connectivity index (χ1n) is 5.85. The van der Waals surface area contributed by atoms with Gasteiger partial charge in [0.25, 0.3) is 6.02 Å². The zero-order valence-electron chi connectivity index (χ0n) is 9.17. The van der Waals surface area contributed by atoms with Gasteiger partial charge >= 0.3 is 0 Å². The molecular weight excluding hydrogens is 200 g/mol. The quantitative estimate of drug-likeness (QED) is 0.838. The maximum atomic E-state index is 5.59. The Hall–Kier alpha value is -1.51. The van der Waals surface area contributed by atoms with Gasteiger partial charge in [-0.15, -0.1) is 0 Å². The number of aliphatic imine (C=N–C) groups is 1. The van der Waals surface area contributed by atoms with Gasteiger partial charge in [-0.3, -0.25) is 0 Å². The van der Waals surface area contributed by atoms with E-state index in [0.717, 1.165) is 5.92 Å². The van der Waals surface area contributed by atoms with E-state index < -0.39 is 0 Å². The number of hydrogen-bond donors (Lipinski definition) is 1. The second-order valence-electron chi connectivity index (χ2n) is 4.62. The van der Waals surface area contributed by atoms with E-state index in [1.54, 1.807) is 0 Å². The van der Waals surface area contributed by atoms with Crippen LogP contribution in [0, 0.1) is 5.92 Å². The van der Waals surface area contributed by atoms with Crippen LogP contribution in [0.2, 0.25) is 0 Å². The van der Waals surface area contributed by atoms with Gasteiger partial charge in [-0.2, -0.15) is 0 Å². The van der Waals surface area contributed by atoms with Crippen LogP contribution in [-0.2, 0) is 4.74 Å². The fourth-order valence-electron chi connectivity index (χ4n) is 2.53. The normalized spacial score (nSPS) is 26.0. The lowest BCUT2D eigenvalue weighted by atomic mass is 9.88. The molecule has 84 valence electrons. The van der Waals surface area contributed by atoms with Crippen molar-refractivity contribution in [3.05, 3.63) is 35.9 Å². The monoisotopic (exact) mass is 216 g/mol. The van der Waals surface area contributed by atoms with Crippen LogP contribution in [0.4, 0.5) is 0 Å². The smallest absolute Gasteiger partial charge is 0.282 e. The molecule has 0 bridgehead atoms. The SMILES string of the molecule is NC1=NC(C(c2ccccc2)C2CC2)CO1. The summed E-state index contributed by atoms with van der Waals surface area (Å²) in [6, 6.07) is 11.2. The second kappa shape index (κ2) is 3.81. The summed E-state index contributed by atoms with van der Waals surface area (Å²) in [4.78, 5) is 4.40. The van der Waals surface area contributed by atoms with E-state index >= 15 is 0 Å². The number of rotatable bonds is 3. The van der Waals surface area contributed by atoms with Gasteiger partial charge in [0.05, 0.1) is 6.04 Å². The number of nitrogens with zero attached hydrogens (tertiary/aromatic N) is 1. The summed E-state index contributed by atoms with van der Waals surface area (Å²) in [5, 5.41) is 0. The fraction of sp³-hybridized carbons (Fsp3) is 0.462. The predicted octanol–water partition coefficient (Wildman–Crippen LogP) is 1.89. The van der Waals surface area contributed by atoms with Gasteiger partial charge in [-0.1, -0.05) is 30.3 Å². The molecule has 1 saturated carbocycles. The molecule has 0 aromatic heterocycles. The highest BCUT2D eigenvalue weighted by atomic mass is 16.5. The first kappa shape index (κ1) is 9.70. The van der Waals surface area contributed by atoms with E-state index in [-0.39, 0.29) is 6.04 Å². The number of ether oxygens (including phenoxy) is 1. The van der Waals surface area contributed by atoms with Crippen molar-refractivity contribution in [2.24, 2.45) is 16.6 Å². The van der Waals surface area contributed by atoms with Crippen molar-refractivity contribution in [2.45, 2.75) is 24.8 Å². The Morgan fingerprint density at radius 1 is 1.25 bits per heavy atom. The molecule has 16 heavy (non-hydrogen) atoms. The third-order valence-corrected chi connectivity index (χ3v) is 3.42. The molecule has 1 aliphatic carbocycles.